The third kappa shape index (κ3) is 5.56. The van der Waals surface area contributed by atoms with Gasteiger partial charge in [-0.15, -0.1) is 0 Å². The van der Waals surface area contributed by atoms with E-state index in [-0.39, 0.29) is 14.9 Å². The van der Waals surface area contributed by atoms with Gasteiger partial charge in [0.1, 0.15) is 5.60 Å². The van der Waals surface area contributed by atoms with E-state index in [1.54, 1.807) is 0 Å². The Balaban J connectivity index is 2.30. The predicted molar refractivity (Wildman–Crippen MR) is 85.2 cm³/mol. The summed E-state index contributed by atoms with van der Waals surface area (Å²) in [5.74, 6) is 0. The predicted octanol–water partition coefficient (Wildman–Crippen LogP) is 3.23. The first-order valence-electron chi connectivity index (χ1n) is 6.17. The van der Waals surface area contributed by atoms with E-state index in [1.807, 2.05) is 32.4 Å². The summed E-state index contributed by atoms with van der Waals surface area (Å²) in [6, 6.07) is 0. The second kappa shape index (κ2) is 6.70. The highest BCUT2D eigenvalue weighted by atomic mass is 127. The molecule has 1 N–H and O–H groups in total. The van der Waals surface area contributed by atoms with Gasteiger partial charge in [-0.25, -0.2) is 4.79 Å². The van der Waals surface area contributed by atoms with Gasteiger partial charge in [0, 0.05) is 17.9 Å². The summed E-state index contributed by atoms with van der Waals surface area (Å²) < 4.78 is 11.2. The molecule has 1 heterocycles. The molecule has 0 aliphatic carbocycles. The third-order valence-corrected chi connectivity index (χ3v) is 5.27. The molecule has 0 saturated carbocycles. The Morgan fingerprint density at radius 1 is 1.61 bits per heavy atom. The van der Waals surface area contributed by atoms with Gasteiger partial charge in [0.2, 0.25) is 0 Å². The van der Waals surface area contributed by atoms with E-state index in [0.29, 0.717) is 6.54 Å². The van der Waals surface area contributed by atoms with Crippen LogP contribution in [0.1, 0.15) is 40.5 Å². The molecule has 0 bridgehead atoms. The van der Waals surface area contributed by atoms with Crippen molar-refractivity contribution in [1.82, 2.24) is 5.32 Å². The largest absolute Gasteiger partial charge is 0.444 e. The van der Waals surface area contributed by atoms with Crippen LogP contribution in [0.3, 0.4) is 0 Å². The maximum atomic E-state index is 11.5. The average molecular weight is 385 g/mol. The minimum absolute atomic E-state index is 0.140. The molecule has 1 saturated heterocycles. The molecular weight excluding hydrogens is 364 g/mol. The second-order valence-electron chi connectivity index (χ2n) is 5.42. The van der Waals surface area contributed by atoms with Gasteiger partial charge in [0.15, 0.2) is 0 Å². The minimum atomic E-state index is -0.439. The smallest absolute Gasteiger partial charge is 0.435 e. The molecule has 1 atom stereocenters. The molecule has 1 aliphatic heterocycles. The Kier molecular flexibility index (Phi) is 6.11. The zero-order chi connectivity index (χ0) is 13.8. The highest BCUT2D eigenvalue weighted by Gasteiger charge is 2.40. The molecule has 1 aliphatic rings. The maximum Gasteiger partial charge on any atom is 0.435 e. The topological polar surface area (TPSA) is 47.6 Å². The zero-order valence-corrected chi connectivity index (χ0v) is 14.4. The summed E-state index contributed by atoms with van der Waals surface area (Å²) in [6.45, 7) is 9.14. The summed E-state index contributed by atoms with van der Waals surface area (Å²) >= 11 is 4.14. The van der Waals surface area contributed by atoms with Gasteiger partial charge in [-0.1, -0.05) is 29.3 Å². The van der Waals surface area contributed by atoms with Crippen molar-refractivity contribution < 1.29 is 14.2 Å². The molecule has 104 valence electrons. The molecule has 1 amide bonds. The van der Waals surface area contributed by atoms with E-state index in [4.69, 9.17) is 9.39 Å². The lowest BCUT2D eigenvalue weighted by molar-refractivity contribution is 0.0525. The molecule has 1 fully saturated rings. The van der Waals surface area contributed by atoms with Gasteiger partial charge in [-0.05, 0) is 33.6 Å². The number of carbonyl (C=O) groups is 1. The van der Waals surface area contributed by atoms with Crippen molar-refractivity contribution in [3.63, 3.8) is 0 Å². The van der Waals surface area contributed by atoms with Crippen molar-refractivity contribution >= 4 is 44.1 Å². The van der Waals surface area contributed by atoms with Crippen molar-refractivity contribution in [2.45, 2.75) is 50.9 Å². The highest BCUT2D eigenvalue weighted by Crippen LogP contribution is 2.42. The third-order valence-electron chi connectivity index (χ3n) is 2.71. The number of carbonyl (C=O) groups excluding carboxylic acids is 1. The number of alkyl carbamates (subject to hydrolysis) is 1. The van der Waals surface area contributed by atoms with Crippen LogP contribution in [0, 0.1) is 0 Å². The summed E-state index contributed by atoms with van der Waals surface area (Å²) in [5.41, 5.74) is -0.439. The Morgan fingerprint density at radius 3 is 2.72 bits per heavy atom. The molecule has 0 spiro atoms. The van der Waals surface area contributed by atoms with Crippen LogP contribution in [0.4, 0.5) is 4.79 Å². The van der Waals surface area contributed by atoms with Gasteiger partial charge in [0.25, 0.3) is 0 Å². The lowest BCUT2D eigenvalue weighted by Crippen LogP contribution is -2.36. The van der Waals surface area contributed by atoms with Gasteiger partial charge in [-0.3, -0.25) is 0 Å². The lowest BCUT2D eigenvalue weighted by Gasteiger charge is -2.26. The van der Waals surface area contributed by atoms with Crippen molar-refractivity contribution in [3.05, 3.63) is 0 Å². The number of amides is 1. The van der Waals surface area contributed by atoms with Gasteiger partial charge >= 0.3 is 10.1 Å². The Labute approximate surface area is 127 Å². The van der Waals surface area contributed by atoms with Crippen LogP contribution in [0.5, 0.6) is 0 Å². The Hall–Kier alpha value is 0.375. The van der Waals surface area contributed by atoms with Crippen molar-refractivity contribution in [2.24, 2.45) is 0 Å². The molecule has 0 aromatic rings. The Bertz CT molecular complexity index is 301. The molecule has 1 unspecified atom stereocenters. The minimum Gasteiger partial charge on any atom is -0.444 e. The zero-order valence-electron chi connectivity index (χ0n) is 11.4. The first kappa shape index (κ1) is 16.4. The number of hydrogen-bond acceptors (Lipinski definition) is 4. The Morgan fingerprint density at radius 2 is 2.28 bits per heavy atom. The quantitative estimate of drug-likeness (QED) is 0.597. The fourth-order valence-electron chi connectivity index (χ4n) is 1.68. The number of nitrogens with one attached hydrogen (secondary N) is 1. The van der Waals surface area contributed by atoms with E-state index in [9.17, 15) is 4.79 Å². The van der Waals surface area contributed by atoms with E-state index >= 15 is 0 Å². The van der Waals surface area contributed by atoms with Crippen LogP contribution in [-0.4, -0.2) is 33.6 Å². The van der Waals surface area contributed by atoms with Crippen molar-refractivity contribution in [3.8, 4) is 0 Å². The van der Waals surface area contributed by atoms with Crippen LogP contribution in [0.15, 0.2) is 0 Å². The fourth-order valence-corrected chi connectivity index (χ4v) is 4.53. The average Bonchev–Trinajstić information content (AvgIpc) is 2.58. The SMILES string of the molecule is CCC1(CCNC(=O)OC(C)(C)C)COB(I)S1. The van der Waals surface area contributed by atoms with Crippen LogP contribution in [-0.2, 0) is 9.39 Å². The van der Waals surface area contributed by atoms with Gasteiger partial charge in [0.05, 0.1) is 0 Å². The lowest BCUT2D eigenvalue weighted by atomic mass is 10.0. The van der Waals surface area contributed by atoms with Crippen LogP contribution >= 0.6 is 34.0 Å². The van der Waals surface area contributed by atoms with Gasteiger partial charge in [-0.2, -0.15) is 11.6 Å². The van der Waals surface area contributed by atoms with E-state index in [0.717, 1.165) is 19.4 Å². The summed E-state index contributed by atoms with van der Waals surface area (Å²) in [6.07, 6.45) is 1.61. The van der Waals surface area contributed by atoms with Crippen LogP contribution < -0.4 is 5.32 Å². The molecule has 4 nitrogen and oxygen atoms in total. The monoisotopic (exact) mass is 385 g/mol. The standard InChI is InChI=1S/C11H21BINO3S/c1-5-11(8-16-12(13)18-11)6-7-14-9(15)17-10(2,3)4/h5-8H2,1-4H3,(H,14,15). The van der Waals surface area contributed by atoms with Crippen molar-refractivity contribution in [2.75, 3.05) is 13.2 Å². The summed E-state index contributed by atoms with van der Waals surface area (Å²) in [4.78, 5) is 11.5. The van der Waals surface area contributed by atoms with E-state index < -0.39 is 5.60 Å². The molecule has 1 rings (SSSR count). The first-order valence-corrected chi connectivity index (χ1v) is 8.29. The molecule has 0 aromatic carbocycles. The normalized spacial score (nSPS) is 24.2. The van der Waals surface area contributed by atoms with Gasteiger partial charge < -0.3 is 14.7 Å². The van der Waals surface area contributed by atoms with Crippen molar-refractivity contribution in [1.29, 1.82) is 0 Å². The van der Waals surface area contributed by atoms with Crippen LogP contribution in [0.2, 0.25) is 0 Å². The van der Waals surface area contributed by atoms with Crippen LogP contribution in [0.25, 0.3) is 0 Å². The number of ether oxygens (including phenoxy) is 1. The van der Waals surface area contributed by atoms with E-state index in [1.165, 1.54) is 0 Å². The summed E-state index contributed by atoms with van der Waals surface area (Å²) in [5, 5.41) is 2.81. The molecule has 18 heavy (non-hydrogen) atoms. The molecule has 0 radical (unpaired) electrons. The highest BCUT2D eigenvalue weighted by molar-refractivity contribution is 14.1. The first-order chi connectivity index (χ1) is 8.26. The maximum absolute atomic E-state index is 11.5. The van der Waals surface area contributed by atoms with E-state index in [2.05, 4.69) is 34.6 Å². The number of hydrogen-bond donors (Lipinski definition) is 1. The fraction of sp³-hybridized carbons (Fsp3) is 0.909. The molecule has 0 aromatic heterocycles. The molecular formula is C11H21BINO3S. The molecule has 7 heteroatoms. The summed E-state index contributed by atoms with van der Waals surface area (Å²) in [7, 11) is 0. The second-order valence-corrected chi connectivity index (χ2v) is 8.92. The number of rotatable bonds is 4. The number of halogens is 1.